The van der Waals surface area contributed by atoms with Crippen LogP contribution in [0.2, 0.25) is 0 Å². The lowest BCUT2D eigenvalue weighted by Gasteiger charge is -2.28. The molecule has 1 saturated heterocycles. The third kappa shape index (κ3) is 3.17. The molecular weight excluding hydrogens is 302 g/mol. The SMILES string of the molecule is Brc1cc(Cc2ccccc2)ccc1OC1CNC1. The van der Waals surface area contributed by atoms with Crippen LogP contribution in [0.1, 0.15) is 11.1 Å². The van der Waals surface area contributed by atoms with E-state index in [0.717, 1.165) is 29.7 Å². The molecule has 0 amide bonds. The van der Waals surface area contributed by atoms with E-state index >= 15 is 0 Å². The minimum Gasteiger partial charge on any atom is -0.487 e. The standard InChI is InChI=1S/C16H16BrNO/c17-15-9-13(8-12-4-2-1-3-5-12)6-7-16(15)19-14-10-18-11-14/h1-7,9,14,18H,8,10-11H2. The Balaban J connectivity index is 1.71. The topological polar surface area (TPSA) is 21.3 Å². The quantitative estimate of drug-likeness (QED) is 0.933. The highest BCUT2D eigenvalue weighted by Crippen LogP contribution is 2.28. The predicted molar refractivity (Wildman–Crippen MR) is 80.7 cm³/mol. The van der Waals surface area contributed by atoms with Gasteiger partial charge in [-0.05, 0) is 45.6 Å². The van der Waals surface area contributed by atoms with Crippen LogP contribution in [0.4, 0.5) is 0 Å². The summed E-state index contributed by atoms with van der Waals surface area (Å²) in [6.45, 7) is 1.89. The number of hydrogen-bond donors (Lipinski definition) is 1. The fraction of sp³-hybridized carbons (Fsp3) is 0.250. The van der Waals surface area contributed by atoms with Crippen molar-refractivity contribution in [1.29, 1.82) is 0 Å². The van der Waals surface area contributed by atoms with E-state index in [2.05, 4.69) is 63.7 Å². The van der Waals surface area contributed by atoms with Crippen LogP contribution >= 0.6 is 15.9 Å². The average molecular weight is 318 g/mol. The molecule has 0 unspecified atom stereocenters. The molecule has 1 fully saturated rings. The highest BCUT2D eigenvalue weighted by atomic mass is 79.9. The van der Waals surface area contributed by atoms with E-state index < -0.39 is 0 Å². The summed E-state index contributed by atoms with van der Waals surface area (Å²) in [5.41, 5.74) is 2.61. The Labute approximate surface area is 121 Å². The third-order valence-corrected chi connectivity index (χ3v) is 3.90. The molecule has 0 radical (unpaired) electrons. The van der Waals surface area contributed by atoms with Crippen LogP contribution in [0.15, 0.2) is 53.0 Å². The second-order valence-corrected chi connectivity index (χ2v) is 5.68. The summed E-state index contributed by atoms with van der Waals surface area (Å²) in [5, 5.41) is 3.20. The fourth-order valence-electron chi connectivity index (χ4n) is 2.11. The van der Waals surface area contributed by atoms with Crippen LogP contribution in [0.25, 0.3) is 0 Å². The molecule has 2 aromatic carbocycles. The Morgan fingerprint density at radius 1 is 1.05 bits per heavy atom. The highest BCUT2D eigenvalue weighted by molar-refractivity contribution is 9.10. The van der Waals surface area contributed by atoms with E-state index in [0.29, 0.717) is 6.10 Å². The first-order valence-electron chi connectivity index (χ1n) is 6.51. The van der Waals surface area contributed by atoms with Crippen LogP contribution in [0.3, 0.4) is 0 Å². The van der Waals surface area contributed by atoms with Crippen molar-refractivity contribution >= 4 is 15.9 Å². The monoisotopic (exact) mass is 317 g/mol. The van der Waals surface area contributed by atoms with Gasteiger partial charge in [-0.15, -0.1) is 0 Å². The molecule has 3 heteroatoms. The molecule has 2 aromatic rings. The van der Waals surface area contributed by atoms with E-state index in [4.69, 9.17) is 4.74 Å². The first-order chi connectivity index (χ1) is 9.31. The Kier molecular flexibility index (Phi) is 3.85. The summed E-state index contributed by atoms with van der Waals surface area (Å²) in [5.74, 6) is 0.934. The largest absolute Gasteiger partial charge is 0.487 e. The highest BCUT2D eigenvalue weighted by Gasteiger charge is 2.19. The van der Waals surface area contributed by atoms with Crippen LogP contribution in [-0.4, -0.2) is 19.2 Å². The molecule has 1 aliphatic rings. The maximum atomic E-state index is 5.88. The first kappa shape index (κ1) is 12.7. The molecule has 1 aliphatic heterocycles. The second-order valence-electron chi connectivity index (χ2n) is 4.83. The third-order valence-electron chi connectivity index (χ3n) is 3.29. The van der Waals surface area contributed by atoms with Crippen LogP contribution in [0.5, 0.6) is 5.75 Å². The zero-order valence-electron chi connectivity index (χ0n) is 10.6. The van der Waals surface area contributed by atoms with Gasteiger partial charge in [-0.25, -0.2) is 0 Å². The minimum absolute atomic E-state index is 0.316. The molecule has 2 nitrogen and oxygen atoms in total. The van der Waals surface area contributed by atoms with Gasteiger partial charge in [0, 0.05) is 13.1 Å². The van der Waals surface area contributed by atoms with Crippen molar-refractivity contribution in [3.8, 4) is 5.75 Å². The zero-order chi connectivity index (χ0) is 13.1. The van der Waals surface area contributed by atoms with Gasteiger partial charge < -0.3 is 10.1 Å². The van der Waals surface area contributed by atoms with Gasteiger partial charge in [0.05, 0.1) is 4.47 Å². The molecule has 3 rings (SSSR count). The molecule has 0 aliphatic carbocycles. The lowest BCUT2D eigenvalue weighted by Crippen LogP contribution is -2.50. The van der Waals surface area contributed by atoms with Gasteiger partial charge in [0.25, 0.3) is 0 Å². The molecular formula is C16H16BrNO. The van der Waals surface area contributed by atoms with Crippen molar-refractivity contribution in [2.24, 2.45) is 0 Å². The van der Waals surface area contributed by atoms with Crippen molar-refractivity contribution in [1.82, 2.24) is 5.32 Å². The number of ether oxygens (including phenoxy) is 1. The van der Waals surface area contributed by atoms with Gasteiger partial charge >= 0.3 is 0 Å². The number of rotatable bonds is 4. The molecule has 0 bridgehead atoms. The number of halogens is 1. The summed E-state index contributed by atoms with van der Waals surface area (Å²) < 4.78 is 6.91. The molecule has 0 spiro atoms. The van der Waals surface area contributed by atoms with E-state index in [1.807, 2.05) is 6.07 Å². The molecule has 0 saturated carbocycles. The molecule has 1 heterocycles. The lowest BCUT2D eigenvalue weighted by atomic mass is 10.1. The molecule has 0 aromatic heterocycles. The van der Waals surface area contributed by atoms with Gasteiger partial charge in [-0.3, -0.25) is 0 Å². The van der Waals surface area contributed by atoms with Crippen LogP contribution in [0, 0.1) is 0 Å². The van der Waals surface area contributed by atoms with Crippen LogP contribution in [-0.2, 0) is 6.42 Å². The van der Waals surface area contributed by atoms with E-state index in [-0.39, 0.29) is 0 Å². The fourth-order valence-corrected chi connectivity index (χ4v) is 2.63. The summed E-state index contributed by atoms with van der Waals surface area (Å²) in [7, 11) is 0. The van der Waals surface area contributed by atoms with Gasteiger partial charge in [-0.2, -0.15) is 0 Å². The minimum atomic E-state index is 0.316. The Bertz CT molecular complexity index is 552. The van der Waals surface area contributed by atoms with Crippen molar-refractivity contribution in [2.45, 2.75) is 12.5 Å². The summed E-state index contributed by atoms with van der Waals surface area (Å²) in [6.07, 6.45) is 1.27. The van der Waals surface area contributed by atoms with Gasteiger partial charge in [0.2, 0.25) is 0 Å². The predicted octanol–water partition coefficient (Wildman–Crippen LogP) is 3.39. The van der Waals surface area contributed by atoms with Gasteiger partial charge in [0.1, 0.15) is 11.9 Å². The Morgan fingerprint density at radius 2 is 1.84 bits per heavy atom. The molecule has 1 N–H and O–H groups in total. The van der Waals surface area contributed by atoms with Gasteiger partial charge in [-0.1, -0.05) is 36.4 Å². The van der Waals surface area contributed by atoms with E-state index in [1.165, 1.54) is 11.1 Å². The maximum Gasteiger partial charge on any atom is 0.134 e. The maximum absolute atomic E-state index is 5.88. The smallest absolute Gasteiger partial charge is 0.134 e. The molecule has 98 valence electrons. The zero-order valence-corrected chi connectivity index (χ0v) is 12.2. The average Bonchev–Trinajstić information content (AvgIpc) is 2.37. The lowest BCUT2D eigenvalue weighted by molar-refractivity contribution is 0.141. The van der Waals surface area contributed by atoms with Crippen molar-refractivity contribution in [3.63, 3.8) is 0 Å². The first-order valence-corrected chi connectivity index (χ1v) is 7.30. The second kappa shape index (κ2) is 5.76. The summed E-state index contributed by atoms with van der Waals surface area (Å²) in [4.78, 5) is 0. The van der Waals surface area contributed by atoms with Crippen molar-refractivity contribution in [2.75, 3.05) is 13.1 Å². The number of nitrogens with one attached hydrogen (secondary N) is 1. The summed E-state index contributed by atoms with van der Waals surface area (Å²) >= 11 is 3.60. The number of hydrogen-bond acceptors (Lipinski definition) is 2. The molecule has 0 atom stereocenters. The summed E-state index contributed by atoms with van der Waals surface area (Å²) in [6, 6.07) is 16.8. The van der Waals surface area contributed by atoms with Gasteiger partial charge in [0.15, 0.2) is 0 Å². The van der Waals surface area contributed by atoms with E-state index in [9.17, 15) is 0 Å². The Hall–Kier alpha value is -1.32. The van der Waals surface area contributed by atoms with Crippen LogP contribution < -0.4 is 10.1 Å². The van der Waals surface area contributed by atoms with E-state index in [1.54, 1.807) is 0 Å². The van der Waals surface area contributed by atoms with Crippen molar-refractivity contribution in [3.05, 3.63) is 64.1 Å². The molecule has 19 heavy (non-hydrogen) atoms. The number of benzene rings is 2. The normalized spacial score (nSPS) is 15.0. The Morgan fingerprint density at radius 3 is 2.47 bits per heavy atom. The van der Waals surface area contributed by atoms with Crippen molar-refractivity contribution < 1.29 is 4.74 Å².